The van der Waals surface area contributed by atoms with Crippen LogP contribution in [0.25, 0.3) is 0 Å². The number of para-hydroxylation sites is 1. The van der Waals surface area contributed by atoms with Crippen molar-refractivity contribution in [3.63, 3.8) is 0 Å². The number of primary sulfonamides is 1. The topological polar surface area (TPSA) is 127 Å². The molecule has 0 saturated carbocycles. The Morgan fingerprint density at radius 2 is 1.90 bits per heavy atom. The maximum atomic E-state index is 12.8. The first-order valence-corrected chi connectivity index (χ1v) is 7.23. The lowest BCUT2D eigenvalue weighted by Crippen LogP contribution is -2.32. The molecule has 1 rings (SSSR count). The minimum Gasteiger partial charge on any atom is -0.351 e. The van der Waals surface area contributed by atoms with E-state index in [9.17, 15) is 26.4 Å². The number of anilines is 1. The Bertz CT molecular complexity index is 631. The van der Waals surface area contributed by atoms with E-state index in [1.165, 1.54) is 0 Å². The third kappa shape index (κ3) is 4.88. The molecule has 0 saturated heterocycles. The SMILES string of the molecule is NNc1c(C(=O)NCCS(N)(=O)=O)cccc1C(F)(F)F. The highest BCUT2D eigenvalue weighted by Gasteiger charge is 2.35. The van der Waals surface area contributed by atoms with Gasteiger partial charge in [-0.15, -0.1) is 0 Å². The van der Waals surface area contributed by atoms with E-state index < -0.39 is 39.1 Å². The largest absolute Gasteiger partial charge is 0.418 e. The number of hydrazine groups is 1. The summed E-state index contributed by atoms with van der Waals surface area (Å²) in [6.45, 7) is -0.335. The normalized spacial score (nSPS) is 12.0. The molecule has 0 spiro atoms. The molecular formula is C10H13F3N4O3S. The van der Waals surface area contributed by atoms with Crippen molar-refractivity contribution in [1.29, 1.82) is 0 Å². The molecular weight excluding hydrogens is 313 g/mol. The quantitative estimate of drug-likeness (QED) is 0.448. The number of sulfonamides is 1. The molecule has 0 atom stereocenters. The van der Waals surface area contributed by atoms with E-state index in [4.69, 9.17) is 11.0 Å². The van der Waals surface area contributed by atoms with Gasteiger partial charge < -0.3 is 10.7 Å². The summed E-state index contributed by atoms with van der Waals surface area (Å²) in [7, 11) is -3.78. The molecule has 0 bridgehead atoms. The molecule has 0 aliphatic heterocycles. The van der Waals surface area contributed by atoms with Crippen LogP contribution < -0.4 is 21.7 Å². The molecule has 21 heavy (non-hydrogen) atoms. The summed E-state index contributed by atoms with van der Waals surface area (Å²) < 4.78 is 59.7. The monoisotopic (exact) mass is 326 g/mol. The van der Waals surface area contributed by atoms with Crippen LogP contribution in [0.4, 0.5) is 18.9 Å². The molecule has 1 amide bonds. The Kier molecular flexibility index (Phi) is 5.15. The Balaban J connectivity index is 3.00. The van der Waals surface area contributed by atoms with E-state index in [0.29, 0.717) is 0 Å². The fourth-order valence-corrected chi connectivity index (χ4v) is 1.92. The van der Waals surface area contributed by atoms with Crippen molar-refractivity contribution in [3.8, 4) is 0 Å². The van der Waals surface area contributed by atoms with Gasteiger partial charge in [0.1, 0.15) is 0 Å². The van der Waals surface area contributed by atoms with Gasteiger partial charge in [-0.2, -0.15) is 13.2 Å². The second-order valence-electron chi connectivity index (χ2n) is 3.99. The van der Waals surface area contributed by atoms with Crippen LogP contribution in [0.15, 0.2) is 18.2 Å². The van der Waals surface area contributed by atoms with Crippen molar-refractivity contribution in [2.75, 3.05) is 17.7 Å². The van der Waals surface area contributed by atoms with E-state index in [-0.39, 0.29) is 12.1 Å². The Morgan fingerprint density at radius 1 is 1.29 bits per heavy atom. The number of alkyl halides is 3. The predicted octanol–water partition coefficient (Wildman–Crippen LogP) is 0.00930. The van der Waals surface area contributed by atoms with E-state index in [1.54, 1.807) is 0 Å². The molecule has 7 nitrogen and oxygen atoms in total. The second kappa shape index (κ2) is 6.28. The van der Waals surface area contributed by atoms with Crippen molar-refractivity contribution < 1.29 is 26.4 Å². The van der Waals surface area contributed by atoms with Crippen LogP contribution in [0.5, 0.6) is 0 Å². The van der Waals surface area contributed by atoms with Crippen molar-refractivity contribution in [3.05, 3.63) is 29.3 Å². The summed E-state index contributed by atoms with van der Waals surface area (Å²) in [6.07, 6.45) is -4.70. The molecule has 0 heterocycles. The first-order chi connectivity index (χ1) is 9.56. The molecule has 11 heteroatoms. The van der Waals surface area contributed by atoms with Gasteiger partial charge in [0, 0.05) is 6.54 Å². The standard InChI is InChI=1S/C10H13F3N4O3S/c11-10(12,13)7-3-1-2-6(8(7)17-14)9(18)16-4-5-21(15,19)20/h1-3,17H,4-5,14H2,(H,16,18)(H2,15,19,20). The van der Waals surface area contributed by atoms with Crippen LogP contribution >= 0.6 is 0 Å². The highest BCUT2D eigenvalue weighted by atomic mass is 32.2. The molecule has 0 aliphatic rings. The lowest BCUT2D eigenvalue weighted by atomic mass is 10.1. The number of nitrogen functional groups attached to an aromatic ring is 1. The van der Waals surface area contributed by atoms with Gasteiger partial charge in [0.05, 0.1) is 22.6 Å². The van der Waals surface area contributed by atoms with Crippen LogP contribution in [-0.4, -0.2) is 26.6 Å². The lowest BCUT2D eigenvalue weighted by Gasteiger charge is -2.15. The summed E-state index contributed by atoms with van der Waals surface area (Å²) in [6, 6.07) is 2.92. The Morgan fingerprint density at radius 3 is 2.38 bits per heavy atom. The van der Waals surface area contributed by atoms with Crippen molar-refractivity contribution in [2.24, 2.45) is 11.0 Å². The smallest absolute Gasteiger partial charge is 0.351 e. The highest BCUT2D eigenvalue weighted by molar-refractivity contribution is 7.89. The van der Waals surface area contributed by atoms with Crippen LogP contribution in [0, 0.1) is 0 Å². The summed E-state index contributed by atoms with van der Waals surface area (Å²) in [5, 5.41) is 6.89. The molecule has 118 valence electrons. The lowest BCUT2D eigenvalue weighted by molar-refractivity contribution is -0.137. The minimum absolute atomic E-state index is 0.335. The number of rotatable bonds is 5. The van der Waals surface area contributed by atoms with E-state index >= 15 is 0 Å². The molecule has 1 aromatic carbocycles. The zero-order valence-electron chi connectivity index (χ0n) is 10.6. The number of benzene rings is 1. The van der Waals surface area contributed by atoms with E-state index in [1.807, 2.05) is 5.43 Å². The van der Waals surface area contributed by atoms with Gasteiger partial charge in [-0.05, 0) is 12.1 Å². The molecule has 0 radical (unpaired) electrons. The van der Waals surface area contributed by atoms with Crippen LogP contribution in [0.1, 0.15) is 15.9 Å². The van der Waals surface area contributed by atoms with Crippen LogP contribution in [0.2, 0.25) is 0 Å². The zero-order valence-corrected chi connectivity index (χ0v) is 11.4. The number of nitrogens with one attached hydrogen (secondary N) is 2. The second-order valence-corrected chi connectivity index (χ2v) is 5.73. The van der Waals surface area contributed by atoms with Gasteiger partial charge in [0.2, 0.25) is 10.0 Å². The maximum absolute atomic E-state index is 12.8. The predicted molar refractivity (Wildman–Crippen MR) is 69.6 cm³/mol. The zero-order chi connectivity index (χ0) is 16.3. The van der Waals surface area contributed by atoms with Gasteiger partial charge in [-0.3, -0.25) is 10.6 Å². The molecule has 0 aliphatic carbocycles. The van der Waals surface area contributed by atoms with Gasteiger partial charge in [-0.25, -0.2) is 13.6 Å². The first-order valence-electron chi connectivity index (χ1n) is 5.52. The number of carbonyl (C=O) groups is 1. The van der Waals surface area contributed by atoms with E-state index in [0.717, 1.165) is 18.2 Å². The van der Waals surface area contributed by atoms with Gasteiger partial charge in [0.25, 0.3) is 5.91 Å². The molecule has 6 N–H and O–H groups in total. The summed E-state index contributed by atoms with van der Waals surface area (Å²) in [5.41, 5.74) is -0.231. The molecule has 1 aromatic rings. The van der Waals surface area contributed by atoms with Crippen LogP contribution in [-0.2, 0) is 16.2 Å². The summed E-state index contributed by atoms with van der Waals surface area (Å²) in [5.74, 6) is 3.59. The highest BCUT2D eigenvalue weighted by Crippen LogP contribution is 2.36. The van der Waals surface area contributed by atoms with Crippen molar-refractivity contribution in [2.45, 2.75) is 6.18 Å². The maximum Gasteiger partial charge on any atom is 0.418 e. The Labute approximate surface area is 118 Å². The van der Waals surface area contributed by atoms with Crippen molar-refractivity contribution in [1.82, 2.24) is 5.32 Å². The average molecular weight is 326 g/mol. The molecule has 0 unspecified atom stereocenters. The van der Waals surface area contributed by atoms with Gasteiger partial charge >= 0.3 is 6.18 Å². The Hall–Kier alpha value is -1.85. The summed E-state index contributed by atoms with van der Waals surface area (Å²) in [4.78, 5) is 11.8. The number of halogens is 3. The number of hydrogen-bond donors (Lipinski definition) is 4. The van der Waals surface area contributed by atoms with Gasteiger partial charge in [0.15, 0.2) is 0 Å². The molecule has 0 fully saturated rings. The number of amides is 1. The fraction of sp³-hybridized carbons (Fsp3) is 0.300. The average Bonchev–Trinajstić information content (AvgIpc) is 2.35. The van der Waals surface area contributed by atoms with E-state index in [2.05, 4.69) is 5.32 Å². The number of nitrogens with two attached hydrogens (primary N) is 2. The molecule has 0 aromatic heterocycles. The van der Waals surface area contributed by atoms with Crippen molar-refractivity contribution >= 4 is 21.6 Å². The summed E-state index contributed by atoms with van der Waals surface area (Å²) >= 11 is 0. The number of carbonyl (C=O) groups excluding carboxylic acids is 1. The van der Waals surface area contributed by atoms with Gasteiger partial charge in [-0.1, -0.05) is 6.07 Å². The fourth-order valence-electron chi connectivity index (χ4n) is 1.54. The third-order valence-electron chi connectivity index (χ3n) is 2.43. The minimum atomic E-state index is -4.70. The third-order valence-corrected chi connectivity index (χ3v) is 3.20. The first kappa shape index (κ1) is 17.2. The van der Waals surface area contributed by atoms with Crippen LogP contribution in [0.3, 0.4) is 0 Å². The number of hydrogen-bond acceptors (Lipinski definition) is 5.